The van der Waals surface area contributed by atoms with Gasteiger partial charge in [0.25, 0.3) is 0 Å². The van der Waals surface area contributed by atoms with Crippen LogP contribution in [0.1, 0.15) is 102 Å². The van der Waals surface area contributed by atoms with Gasteiger partial charge >= 0.3 is 0 Å². The van der Waals surface area contributed by atoms with Crippen molar-refractivity contribution in [2.75, 3.05) is 5.75 Å². The van der Waals surface area contributed by atoms with Gasteiger partial charge in [-0.05, 0) is 58.6 Å². The molecule has 2 aromatic rings. The first-order valence-corrected chi connectivity index (χ1v) is 16.5. The van der Waals surface area contributed by atoms with Crippen LogP contribution < -0.4 is 0 Å². The molecule has 206 valence electrons. The number of phenolic OH excluding ortho intramolecular Hbond substituents is 2. The summed E-state index contributed by atoms with van der Waals surface area (Å²) in [6.45, 7) is 13.0. The zero-order chi connectivity index (χ0) is 27.4. The Morgan fingerprint density at radius 1 is 0.730 bits per heavy atom. The Kier molecular flexibility index (Phi) is 10.9. The third-order valence-electron chi connectivity index (χ3n) is 7.40. The van der Waals surface area contributed by atoms with Crippen molar-refractivity contribution in [3.63, 3.8) is 0 Å². The monoisotopic (exact) mass is 582 g/mol. The predicted octanol–water partition coefficient (Wildman–Crippen LogP) is 10.5. The van der Waals surface area contributed by atoms with E-state index in [2.05, 4.69) is 53.7 Å². The normalized spacial score (nSPS) is 19.5. The lowest BCUT2D eigenvalue weighted by molar-refractivity contribution is 0.419. The average Bonchev–Trinajstić information content (AvgIpc) is 2.78. The van der Waals surface area contributed by atoms with Crippen LogP contribution in [-0.4, -0.2) is 21.2 Å². The van der Waals surface area contributed by atoms with Crippen LogP contribution >= 0.6 is 46.7 Å². The summed E-state index contributed by atoms with van der Waals surface area (Å²) in [6.07, 6.45) is 7.59. The van der Waals surface area contributed by atoms with Crippen molar-refractivity contribution in [2.24, 2.45) is 5.92 Å². The second kappa shape index (κ2) is 13.1. The summed E-state index contributed by atoms with van der Waals surface area (Å²) in [6, 6.07) is 8.04. The van der Waals surface area contributed by atoms with Gasteiger partial charge in [0.1, 0.15) is 11.5 Å². The number of phenols is 2. The molecule has 0 aromatic heterocycles. The van der Waals surface area contributed by atoms with Crippen LogP contribution in [0.25, 0.3) is 0 Å². The maximum absolute atomic E-state index is 10.7. The summed E-state index contributed by atoms with van der Waals surface area (Å²) in [5.74, 6) is 3.63. The van der Waals surface area contributed by atoms with Gasteiger partial charge in [-0.15, -0.1) is 0 Å². The number of halogens is 2. The van der Waals surface area contributed by atoms with E-state index in [9.17, 15) is 10.2 Å². The van der Waals surface area contributed by atoms with Gasteiger partial charge in [-0.25, -0.2) is 0 Å². The van der Waals surface area contributed by atoms with Gasteiger partial charge in [-0.3, -0.25) is 0 Å². The first kappa shape index (κ1) is 30.9. The molecule has 2 N–H and O–H groups in total. The fraction of sp³-hybridized carbons (Fsp3) is 0.613. The van der Waals surface area contributed by atoms with Gasteiger partial charge in [0.05, 0.1) is 10.0 Å². The highest BCUT2D eigenvalue weighted by Gasteiger charge is 2.25. The Morgan fingerprint density at radius 2 is 1.22 bits per heavy atom. The van der Waals surface area contributed by atoms with Gasteiger partial charge in [-0.1, -0.05) is 103 Å². The van der Waals surface area contributed by atoms with Crippen molar-refractivity contribution in [3.05, 3.63) is 56.6 Å². The van der Waals surface area contributed by atoms with Crippen molar-refractivity contribution in [2.45, 2.75) is 108 Å². The van der Waals surface area contributed by atoms with Crippen molar-refractivity contribution < 1.29 is 10.2 Å². The van der Waals surface area contributed by atoms with Gasteiger partial charge < -0.3 is 10.2 Å². The second-order valence-electron chi connectivity index (χ2n) is 12.5. The molecule has 1 aliphatic carbocycles. The molecule has 1 aliphatic rings. The van der Waals surface area contributed by atoms with Crippen LogP contribution in [0.5, 0.6) is 11.5 Å². The molecule has 2 atom stereocenters. The molecule has 6 heteroatoms. The molecular weight excluding hydrogens is 539 g/mol. The smallest absolute Gasteiger partial charge is 0.138 e. The quantitative estimate of drug-likeness (QED) is 0.340. The van der Waals surface area contributed by atoms with Gasteiger partial charge in [0.15, 0.2) is 0 Å². The molecule has 0 saturated heterocycles. The van der Waals surface area contributed by atoms with Crippen LogP contribution in [-0.2, 0) is 22.3 Å². The van der Waals surface area contributed by atoms with Crippen molar-refractivity contribution >= 4 is 46.7 Å². The van der Waals surface area contributed by atoms with E-state index in [1.807, 2.05) is 35.7 Å². The van der Waals surface area contributed by atoms with Crippen LogP contribution in [0.4, 0.5) is 0 Å². The Hall–Kier alpha value is -0.680. The highest BCUT2D eigenvalue weighted by atomic mass is 35.5. The van der Waals surface area contributed by atoms with Crippen LogP contribution in [0.2, 0.25) is 10.0 Å². The molecule has 1 unspecified atom stereocenters. The number of aromatic hydroxyl groups is 2. The highest BCUT2D eigenvalue weighted by Crippen LogP contribution is 2.41. The molecule has 1 fully saturated rings. The van der Waals surface area contributed by atoms with Crippen molar-refractivity contribution in [3.8, 4) is 11.5 Å². The van der Waals surface area contributed by atoms with Crippen molar-refractivity contribution in [1.29, 1.82) is 0 Å². The molecule has 0 spiro atoms. The maximum atomic E-state index is 10.7. The van der Waals surface area contributed by atoms with Gasteiger partial charge in [0, 0.05) is 27.9 Å². The van der Waals surface area contributed by atoms with E-state index in [1.54, 1.807) is 0 Å². The molecular formula is C31H44Cl2O2S2. The molecule has 0 heterocycles. The lowest BCUT2D eigenvalue weighted by atomic mass is 9.86. The molecule has 37 heavy (non-hydrogen) atoms. The van der Waals surface area contributed by atoms with E-state index < -0.39 is 0 Å². The standard InChI is InChI=1S/C31H44Cl2O2S2/c1-30(2,3)23-13-21(28(34)25(32)15-23)18-36-17-20-11-9-7-8-10-12-27(20)37-19-22-14-24(31(4,5)6)16-26(33)29(22)35/h13-16,20,27,34-35H,7-12,17-19H2,1-6H3/t20-,27?/m0/s1. The van der Waals surface area contributed by atoms with Gasteiger partial charge in [-0.2, -0.15) is 23.5 Å². The molecule has 1 saturated carbocycles. The second-order valence-corrected chi connectivity index (χ2v) is 15.6. The molecule has 0 radical (unpaired) electrons. The Morgan fingerprint density at radius 3 is 1.73 bits per heavy atom. The van der Waals surface area contributed by atoms with E-state index in [0.717, 1.165) is 39.5 Å². The summed E-state index contributed by atoms with van der Waals surface area (Å²) in [5, 5.41) is 22.7. The fourth-order valence-electron chi connectivity index (χ4n) is 4.85. The van der Waals surface area contributed by atoms with Crippen LogP contribution in [0.15, 0.2) is 24.3 Å². The number of rotatable bonds is 7. The SMILES string of the molecule is CC(C)(C)c1cc(Cl)c(O)c(CSC[C@@H]2CCCCCCC2SCc2cc(C(C)(C)C)cc(Cl)c2O)c1. The Bertz CT molecular complexity index is 1060. The lowest BCUT2D eigenvalue weighted by Gasteiger charge is -2.29. The summed E-state index contributed by atoms with van der Waals surface area (Å²) >= 11 is 16.7. The average molecular weight is 584 g/mol. The van der Waals surface area contributed by atoms with E-state index >= 15 is 0 Å². The summed E-state index contributed by atoms with van der Waals surface area (Å²) in [7, 11) is 0. The topological polar surface area (TPSA) is 40.5 Å². The minimum atomic E-state index is -0.0189. The first-order valence-electron chi connectivity index (χ1n) is 13.5. The first-order chi connectivity index (χ1) is 17.3. The molecule has 2 aromatic carbocycles. The van der Waals surface area contributed by atoms with E-state index in [0.29, 0.717) is 21.2 Å². The predicted molar refractivity (Wildman–Crippen MR) is 166 cm³/mol. The third-order valence-corrected chi connectivity index (χ3v) is 10.7. The Labute approximate surface area is 243 Å². The van der Waals surface area contributed by atoms with Gasteiger partial charge in [0.2, 0.25) is 0 Å². The third kappa shape index (κ3) is 8.65. The number of hydrogen-bond acceptors (Lipinski definition) is 4. The Balaban J connectivity index is 1.71. The van der Waals surface area contributed by atoms with Crippen LogP contribution in [0.3, 0.4) is 0 Å². The number of benzene rings is 2. The number of thioether (sulfide) groups is 2. The van der Waals surface area contributed by atoms with Crippen molar-refractivity contribution in [1.82, 2.24) is 0 Å². The highest BCUT2D eigenvalue weighted by molar-refractivity contribution is 7.99. The zero-order valence-electron chi connectivity index (χ0n) is 23.3. The summed E-state index contributed by atoms with van der Waals surface area (Å²) < 4.78 is 0. The molecule has 0 aliphatic heterocycles. The number of hydrogen-bond donors (Lipinski definition) is 2. The maximum Gasteiger partial charge on any atom is 0.138 e. The molecule has 0 amide bonds. The minimum absolute atomic E-state index is 0.0171. The van der Waals surface area contributed by atoms with E-state index in [-0.39, 0.29) is 22.3 Å². The fourth-order valence-corrected chi connectivity index (χ4v) is 8.16. The summed E-state index contributed by atoms with van der Waals surface area (Å²) in [5.41, 5.74) is 4.14. The van der Waals surface area contributed by atoms with Crippen LogP contribution in [0, 0.1) is 5.92 Å². The van der Waals surface area contributed by atoms with E-state index in [1.165, 1.54) is 38.5 Å². The zero-order valence-corrected chi connectivity index (χ0v) is 26.4. The van der Waals surface area contributed by atoms with E-state index in [4.69, 9.17) is 23.2 Å². The lowest BCUT2D eigenvalue weighted by Crippen LogP contribution is -2.22. The molecule has 0 bridgehead atoms. The molecule has 3 rings (SSSR count). The summed E-state index contributed by atoms with van der Waals surface area (Å²) in [4.78, 5) is 0. The minimum Gasteiger partial charge on any atom is -0.506 e. The largest absolute Gasteiger partial charge is 0.506 e. The molecule has 2 nitrogen and oxygen atoms in total.